The van der Waals surface area contributed by atoms with Crippen molar-refractivity contribution < 1.29 is 9.18 Å². The Morgan fingerprint density at radius 3 is 2.48 bits per heavy atom. The van der Waals surface area contributed by atoms with Gasteiger partial charge in [0.25, 0.3) is 0 Å². The van der Waals surface area contributed by atoms with Crippen LogP contribution in [0.5, 0.6) is 0 Å². The first-order valence-corrected chi connectivity index (χ1v) is 7.34. The number of benzene rings is 1. The summed E-state index contributed by atoms with van der Waals surface area (Å²) in [5.74, 6) is -0.288. The molecular weight excluding hydrogens is 289 g/mol. The summed E-state index contributed by atoms with van der Waals surface area (Å²) in [6.45, 7) is 5.94. The van der Waals surface area contributed by atoms with Gasteiger partial charge < -0.3 is 10.6 Å². The van der Waals surface area contributed by atoms with Gasteiger partial charge in [-0.1, -0.05) is 12.2 Å². The molecule has 0 unspecified atom stereocenters. The first-order valence-electron chi connectivity index (χ1n) is 6.93. The van der Waals surface area contributed by atoms with Crippen LogP contribution in [0.3, 0.4) is 0 Å². The van der Waals surface area contributed by atoms with Gasteiger partial charge in [0.15, 0.2) is 0 Å². The summed E-state index contributed by atoms with van der Waals surface area (Å²) in [5, 5.41) is 0. The van der Waals surface area contributed by atoms with Gasteiger partial charge in [-0.15, -0.1) is 0 Å². The van der Waals surface area contributed by atoms with Gasteiger partial charge in [-0.05, 0) is 44.7 Å². The number of nitrogens with two attached hydrogens (primary N) is 1. The number of amides is 1. The minimum absolute atomic E-state index is 0.0516. The molecule has 0 saturated heterocycles. The highest BCUT2D eigenvalue weighted by molar-refractivity contribution is 7.80. The number of thiocarbonyl (C=S) groups is 1. The van der Waals surface area contributed by atoms with E-state index < -0.39 is 0 Å². The normalized spacial score (nSPS) is 10.7. The van der Waals surface area contributed by atoms with E-state index in [0.29, 0.717) is 30.8 Å². The van der Waals surface area contributed by atoms with Crippen molar-refractivity contribution in [2.45, 2.75) is 20.4 Å². The number of halogens is 1. The van der Waals surface area contributed by atoms with Gasteiger partial charge >= 0.3 is 0 Å². The third-order valence-electron chi connectivity index (χ3n) is 3.29. The van der Waals surface area contributed by atoms with Crippen LogP contribution in [0.1, 0.15) is 25.0 Å². The second-order valence-corrected chi connectivity index (χ2v) is 5.34. The topological polar surface area (TPSA) is 49.6 Å². The molecule has 0 aliphatic rings. The lowest BCUT2D eigenvalue weighted by Gasteiger charge is -2.23. The van der Waals surface area contributed by atoms with Gasteiger partial charge in [0.1, 0.15) is 10.8 Å². The maximum absolute atomic E-state index is 13.4. The molecule has 0 heterocycles. The fourth-order valence-corrected chi connectivity index (χ4v) is 2.39. The van der Waals surface area contributed by atoms with Crippen molar-refractivity contribution in [3.05, 3.63) is 35.1 Å². The summed E-state index contributed by atoms with van der Waals surface area (Å²) in [5.41, 5.74) is 6.99. The van der Waals surface area contributed by atoms with Crippen molar-refractivity contribution in [2.24, 2.45) is 5.73 Å². The molecule has 0 saturated carbocycles. The van der Waals surface area contributed by atoms with Gasteiger partial charge in [0.05, 0.1) is 6.54 Å². The molecule has 6 heteroatoms. The molecule has 0 radical (unpaired) electrons. The molecular formula is C15H22FN3OS. The van der Waals surface area contributed by atoms with E-state index in [2.05, 4.69) is 0 Å². The highest BCUT2D eigenvalue weighted by Crippen LogP contribution is 2.13. The molecule has 4 nitrogen and oxygen atoms in total. The van der Waals surface area contributed by atoms with Crippen LogP contribution in [0, 0.1) is 5.82 Å². The Morgan fingerprint density at radius 2 is 1.95 bits per heavy atom. The number of likely N-dealkylation sites (N-methyl/N-ethyl adjacent to an activating group) is 2. The van der Waals surface area contributed by atoms with Crippen molar-refractivity contribution in [2.75, 3.05) is 26.7 Å². The van der Waals surface area contributed by atoms with Crippen LogP contribution in [0.25, 0.3) is 0 Å². The number of hydrogen-bond acceptors (Lipinski definition) is 3. The number of hydrogen-bond donors (Lipinski definition) is 1. The minimum atomic E-state index is -0.339. The van der Waals surface area contributed by atoms with Crippen molar-refractivity contribution >= 4 is 23.1 Å². The summed E-state index contributed by atoms with van der Waals surface area (Å²) < 4.78 is 13.4. The Balaban J connectivity index is 2.79. The predicted octanol–water partition coefficient (Wildman–Crippen LogP) is 1.76. The molecule has 0 spiro atoms. The maximum atomic E-state index is 13.4. The highest BCUT2D eigenvalue weighted by Gasteiger charge is 2.14. The van der Waals surface area contributed by atoms with Gasteiger partial charge in [0.2, 0.25) is 5.91 Å². The Morgan fingerprint density at radius 1 is 1.33 bits per heavy atom. The minimum Gasteiger partial charge on any atom is -0.389 e. The number of carbonyl (C=O) groups is 1. The fraction of sp³-hybridized carbons (Fsp3) is 0.467. The van der Waals surface area contributed by atoms with Crippen molar-refractivity contribution in [3.8, 4) is 0 Å². The third-order valence-corrected chi connectivity index (χ3v) is 3.51. The Hall–Kier alpha value is -1.53. The van der Waals surface area contributed by atoms with Crippen molar-refractivity contribution in [3.63, 3.8) is 0 Å². The second-order valence-electron chi connectivity index (χ2n) is 4.90. The summed E-state index contributed by atoms with van der Waals surface area (Å²) in [6, 6.07) is 4.32. The molecule has 0 aromatic heterocycles. The lowest BCUT2D eigenvalue weighted by Crippen LogP contribution is -2.38. The van der Waals surface area contributed by atoms with E-state index >= 15 is 0 Å². The predicted molar refractivity (Wildman–Crippen MR) is 86.5 cm³/mol. The number of rotatable bonds is 7. The number of carbonyl (C=O) groups excluding carboxylic acids is 1. The van der Waals surface area contributed by atoms with Crippen LogP contribution in [-0.4, -0.2) is 47.4 Å². The summed E-state index contributed by atoms with van der Waals surface area (Å²) in [4.78, 5) is 15.9. The smallest absolute Gasteiger partial charge is 0.236 e. The molecule has 1 aromatic carbocycles. The first kappa shape index (κ1) is 17.5. The summed E-state index contributed by atoms with van der Waals surface area (Å²) >= 11 is 4.97. The summed E-state index contributed by atoms with van der Waals surface area (Å²) in [6.07, 6.45) is 0. The van der Waals surface area contributed by atoms with Crippen LogP contribution in [0.2, 0.25) is 0 Å². The molecule has 0 fully saturated rings. The van der Waals surface area contributed by atoms with E-state index in [9.17, 15) is 9.18 Å². The standard InChI is InChI=1S/C15H22FN3OS/c1-4-19(5-2)14(20)10-18(3)9-11-8-12(16)6-7-13(11)15(17)21/h6-8H,4-5,9-10H2,1-3H3,(H2,17,21). The second kappa shape index (κ2) is 8.05. The molecule has 116 valence electrons. The zero-order valence-electron chi connectivity index (χ0n) is 12.7. The quantitative estimate of drug-likeness (QED) is 0.780. The average Bonchev–Trinajstić information content (AvgIpc) is 2.39. The monoisotopic (exact) mass is 311 g/mol. The molecule has 21 heavy (non-hydrogen) atoms. The van der Waals surface area contributed by atoms with Crippen LogP contribution in [0.15, 0.2) is 18.2 Å². The number of nitrogens with zero attached hydrogens (tertiary/aromatic N) is 2. The van der Waals surface area contributed by atoms with Crippen molar-refractivity contribution in [1.29, 1.82) is 0 Å². The Labute approximate surface area is 130 Å². The van der Waals surface area contributed by atoms with Gasteiger partial charge in [-0.3, -0.25) is 9.69 Å². The van der Waals surface area contributed by atoms with Crippen molar-refractivity contribution in [1.82, 2.24) is 9.80 Å². The molecule has 2 N–H and O–H groups in total. The van der Waals surface area contributed by atoms with Gasteiger partial charge in [-0.25, -0.2) is 4.39 Å². The van der Waals surface area contributed by atoms with Crippen LogP contribution in [-0.2, 0) is 11.3 Å². The fourth-order valence-electron chi connectivity index (χ4n) is 2.19. The van der Waals surface area contributed by atoms with Crippen LogP contribution in [0.4, 0.5) is 4.39 Å². The van der Waals surface area contributed by atoms with Crippen LogP contribution >= 0.6 is 12.2 Å². The van der Waals surface area contributed by atoms with Gasteiger partial charge in [0, 0.05) is 25.2 Å². The Bertz CT molecular complexity index is 518. The first-order chi connectivity index (χ1) is 9.88. The lowest BCUT2D eigenvalue weighted by atomic mass is 10.1. The third kappa shape index (κ3) is 5.06. The molecule has 0 atom stereocenters. The van der Waals surface area contributed by atoms with E-state index in [1.54, 1.807) is 11.0 Å². The van der Waals surface area contributed by atoms with Crippen LogP contribution < -0.4 is 5.73 Å². The van der Waals surface area contributed by atoms with E-state index in [0.717, 1.165) is 0 Å². The van der Waals surface area contributed by atoms with E-state index in [-0.39, 0.29) is 23.3 Å². The molecule has 1 amide bonds. The molecule has 1 aromatic rings. The zero-order valence-corrected chi connectivity index (χ0v) is 13.5. The largest absolute Gasteiger partial charge is 0.389 e. The van der Waals surface area contributed by atoms with E-state index in [1.807, 2.05) is 25.8 Å². The average molecular weight is 311 g/mol. The van der Waals surface area contributed by atoms with E-state index in [4.69, 9.17) is 18.0 Å². The zero-order chi connectivity index (χ0) is 16.0. The molecule has 0 aliphatic heterocycles. The van der Waals surface area contributed by atoms with Gasteiger partial charge in [-0.2, -0.15) is 0 Å². The van der Waals surface area contributed by atoms with E-state index in [1.165, 1.54) is 12.1 Å². The summed E-state index contributed by atoms with van der Waals surface area (Å²) in [7, 11) is 1.82. The highest BCUT2D eigenvalue weighted by atomic mass is 32.1. The lowest BCUT2D eigenvalue weighted by molar-refractivity contribution is -0.131. The Kier molecular flexibility index (Phi) is 6.71. The molecule has 0 bridgehead atoms. The SMILES string of the molecule is CCN(CC)C(=O)CN(C)Cc1cc(F)ccc1C(N)=S. The molecule has 1 rings (SSSR count). The molecule has 0 aliphatic carbocycles. The maximum Gasteiger partial charge on any atom is 0.236 e.